The van der Waals surface area contributed by atoms with Gasteiger partial charge in [0.15, 0.2) is 0 Å². The summed E-state index contributed by atoms with van der Waals surface area (Å²) in [4.78, 5) is 12.1. The van der Waals surface area contributed by atoms with Crippen molar-refractivity contribution in [3.05, 3.63) is 69.5 Å². The molecule has 6 heteroatoms. The Morgan fingerprint density at radius 1 is 1.23 bits per heavy atom. The maximum absolute atomic E-state index is 13.1. The van der Waals surface area contributed by atoms with E-state index in [-0.39, 0.29) is 5.57 Å². The van der Waals surface area contributed by atoms with E-state index in [0.717, 1.165) is 0 Å². The van der Waals surface area contributed by atoms with E-state index in [0.29, 0.717) is 21.3 Å². The van der Waals surface area contributed by atoms with E-state index in [9.17, 15) is 9.18 Å². The summed E-state index contributed by atoms with van der Waals surface area (Å²) in [7, 11) is 0. The average molecular weight is 335 g/mol. The van der Waals surface area contributed by atoms with Crippen LogP contribution < -0.4 is 5.32 Å². The second-order valence-corrected chi connectivity index (χ2v) is 5.15. The Hall–Kier alpha value is -2.35. The highest BCUT2D eigenvalue weighted by molar-refractivity contribution is 6.36. The number of nitrogens with one attached hydrogen (secondary N) is 1. The van der Waals surface area contributed by atoms with Gasteiger partial charge in [-0.15, -0.1) is 0 Å². The molecule has 0 unspecified atom stereocenters. The van der Waals surface area contributed by atoms with Crippen LogP contribution in [0.1, 0.15) is 5.56 Å². The minimum Gasteiger partial charge on any atom is -0.320 e. The Labute approximate surface area is 136 Å². The molecule has 0 aliphatic rings. The fourth-order valence-electron chi connectivity index (χ4n) is 1.69. The molecule has 0 spiro atoms. The molecule has 1 amide bonds. The van der Waals surface area contributed by atoms with Gasteiger partial charge < -0.3 is 5.32 Å². The Bertz CT molecular complexity index is 797. The molecule has 0 bridgehead atoms. The van der Waals surface area contributed by atoms with Crippen LogP contribution in [0.15, 0.2) is 48.0 Å². The number of hydrogen-bond acceptors (Lipinski definition) is 2. The van der Waals surface area contributed by atoms with Crippen molar-refractivity contribution in [2.75, 3.05) is 5.32 Å². The van der Waals surface area contributed by atoms with Gasteiger partial charge >= 0.3 is 0 Å². The number of amides is 1. The summed E-state index contributed by atoms with van der Waals surface area (Å²) in [5.41, 5.74) is 0.519. The van der Waals surface area contributed by atoms with Gasteiger partial charge in [0.25, 0.3) is 5.91 Å². The van der Waals surface area contributed by atoms with Crippen LogP contribution in [-0.4, -0.2) is 5.91 Å². The zero-order chi connectivity index (χ0) is 16.1. The minimum atomic E-state index is -0.657. The zero-order valence-corrected chi connectivity index (χ0v) is 12.6. The van der Waals surface area contributed by atoms with E-state index in [1.54, 1.807) is 18.2 Å². The van der Waals surface area contributed by atoms with Crippen LogP contribution in [-0.2, 0) is 4.79 Å². The van der Waals surface area contributed by atoms with Crippen molar-refractivity contribution in [3.8, 4) is 6.07 Å². The third-order valence-corrected chi connectivity index (χ3v) is 3.27. The van der Waals surface area contributed by atoms with Crippen molar-refractivity contribution in [1.82, 2.24) is 0 Å². The van der Waals surface area contributed by atoms with Crippen LogP contribution in [0.4, 0.5) is 10.1 Å². The van der Waals surface area contributed by atoms with Crippen LogP contribution in [0.5, 0.6) is 0 Å². The zero-order valence-electron chi connectivity index (χ0n) is 11.1. The number of nitrogens with zero attached hydrogens (tertiary/aromatic N) is 1. The quantitative estimate of drug-likeness (QED) is 0.654. The molecule has 0 heterocycles. The molecular weight excluding hydrogens is 326 g/mol. The highest BCUT2D eigenvalue weighted by atomic mass is 35.5. The summed E-state index contributed by atoms with van der Waals surface area (Å²) in [6.45, 7) is 0. The molecule has 0 radical (unpaired) electrons. The molecule has 1 N–H and O–H groups in total. The molecule has 0 atom stereocenters. The maximum Gasteiger partial charge on any atom is 0.266 e. The smallest absolute Gasteiger partial charge is 0.266 e. The number of hydrogen-bond donors (Lipinski definition) is 1. The van der Waals surface area contributed by atoms with Crippen LogP contribution in [0, 0.1) is 17.1 Å². The van der Waals surface area contributed by atoms with E-state index in [1.165, 1.54) is 36.4 Å². The normalized spacial score (nSPS) is 10.9. The topological polar surface area (TPSA) is 52.9 Å². The number of anilines is 1. The van der Waals surface area contributed by atoms with Crippen molar-refractivity contribution >= 4 is 40.9 Å². The molecule has 0 fully saturated rings. The summed E-state index contributed by atoms with van der Waals surface area (Å²) >= 11 is 11.8. The first kappa shape index (κ1) is 16.0. The predicted octanol–water partition coefficient (Wildman–Crippen LogP) is 4.68. The van der Waals surface area contributed by atoms with E-state index < -0.39 is 11.7 Å². The molecule has 22 heavy (non-hydrogen) atoms. The molecule has 3 nitrogen and oxygen atoms in total. The van der Waals surface area contributed by atoms with Crippen LogP contribution in [0.2, 0.25) is 10.0 Å². The van der Waals surface area contributed by atoms with Crippen molar-refractivity contribution in [2.45, 2.75) is 0 Å². The molecule has 0 aromatic heterocycles. The number of nitriles is 1. The number of halogens is 3. The van der Waals surface area contributed by atoms with Crippen molar-refractivity contribution < 1.29 is 9.18 Å². The van der Waals surface area contributed by atoms with Gasteiger partial charge in [-0.25, -0.2) is 4.39 Å². The second-order valence-electron chi connectivity index (χ2n) is 4.30. The van der Waals surface area contributed by atoms with Gasteiger partial charge in [0, 0.05) is 5.02 Å². The summed E-state index contributed by atoms with van der Waals surface area (Å²) < 4.78 is 13.1. The lowest BCUT2D eigenvalue weighted by Crippen LogP contribution is -2.13. The summed E-state index contributed by atoms with van der Waals surface area (Å²) in [5, 5.41) is 12.3. The van der Waals surface area contributed by atoms with E-state index >= 15 is 0 Å². The monoisotopic (exact) mass is 334 g/mol. The first-order chi connectivity index (χ1) is 10.5. The predicted molar refractivity (Wildman–Crippen MR) is 85.1 cm³/mol. The van der Waals surface area contributed by atoms with Crippen molar-refractivity contribution in [2.24, 2.45) is 0 Å². The molecule has 110 valence electrons. The van der Waals surface area contributed by atoms with Gasteiger partial charge in [0.2, 0.25) is 0 Å². The number of carbonyl (C=O) groups excluding carboxylic acids is 1. The van der Waals surface area contributed by atoms with Crippen molar-refractivity contribution in [1.29, 1.82) is 5.26 Å². The fourth-order valence-corrected chi connectivity index (χ4v) is 2.03. The highest BCUT2D eigenvalue weighted by Crippen LogP contribution is 2.26. The van der Waals surface area contributed by atoms with Gasteiger partial charge in [-0.3, -0.25) is 4.79 Å². The molecule has 2 rings (SSSR count). The largest absolute Gasteiger partial charge is 0.320 e. The molecule has 0 aliphatic heterocycles. The van der Waals surface area contributed by atoms with Gasteiger partial charge in [0.1, 0.15) is 17.5 Å². The standard InChI is InChI=1S/C16H9Cl2FN2O/c17-12-4-5-14(18)15(8-12)21-16(22)11(9-20)6-10-2-1-3-13(19)7-10/h1-8H,(H,21,22)/b11-6+. The highest BCUT2D eigenvalue weighted by Gasteiger charge is 2.12. The molecule has 0 saturated heterocycles. The fraction of sp³-hybridized carbons (Fsp3) is 0. The van der Waals surface area contributed by atoms with Crippen LogP contribution in [0.25, 0.3) is 6.08 Å². The van der Waals surface area contributed by atoms with Gasteiger partial charge in [-0.05, 0) is 42.0 Å². The van der Waals surface area contributed by atoms with Crippen LogP contribution in [0.3, 0.4) is 0 Å². The summed E-state index contributed by atoms with van der Waals surface area (Å²) in [6, 6.07) is 11.9. The Morgan fingerprint density at radius 2 is 2.00 bits per heavy atom. The van der Waals surface area contributed by atoms with E-state index in [2.05, 4.69) is 5.32 Å². The lowest BCUT2D eigenvalue weighted by Gasteiger charge is -2.07. The van der Waals surface area contributed by atoms with E-state index in [1.807, 2.05) is 0 Å². The Kier molecular flexibility index (Phi) is 5.16. The average Bonchev–Trinajstić information content (AvgIpc) is 2.48. The number of benzene rings is 2. The van der Waals surface area contributed by atoms with Gasteiger partial charge in [-0.1, -0.05) is 35.3 Å². The molecule has 0 saturated carbocycles. The van der Waals surface area contributed by atoms with Gasteiger partial charge in [0.05, 0.1) is 10.7 Å². The second kappa shape index (κ2) is 7.08. The maximum atomic E-state index is 13.1. The van der Waals surface area contributed by atoms with Gasteiger partial charge in [-0.2, -0.15) is 5.26 Å². The summed E-state index contributed by atoms with van der Waals surface area (Å²) in [5.74, 6) is -1.11. The summed E-state index contributed by atoms with van der Waals surface area (Å²) in [6.07, 6.45) is 1.29. The van der Waals surface area contributed by atoms with E-state index in [4.69, 9.17) is 28.5 Å². The first-order valence-electron chi connectivity index (χ1n) is 6.13. The molecule has 2 aromatic carbocycles. The van der Waals surface area contributed by atoms with Crippen LogP contribution >= 0.6 is 23.2 Å². The minimum absolute atomic E-state index is 0.179. The Balaban J connectivity index is 2.26. The number of rotatable bonds is 3. The third kappa shape index (κ3) is 4.08. The lowest BCUT2D eigenvalue weighted by molar-refractivity contribution is -0.112. The number of carbonyl (C=O) groups is 1. The molecule has 0 aliphatic carbocycles. The third-order valence-electron chi connectivity index (χ3n) is 2.70. The lowest BCUT2D eigenvalue weighted by atomic mass is 10.1. The molecule has 2 aromatic rings. The SMILES string of the molecule is N#C/C(=C\c1cccc(F)c1)C(=O)Nc1cc(Cl)ccc1Cl. The van der Waals surface area contributed by atoms with Crippen molar-refractivity contribution in [3.63, 3.8) is 0 Å². The first-order valence-corrected chi connectivity index (χ1v) is 6.89. The molecular formula is C16H9Cl2FN2O. The Morgan fingerprint density at radius 3 is 2.68 bits per heavy atom.